The van der Waals surface area contributed by atoms with Gasteiger partial charge in [-0.15, -0.1) is 10.2 Å². The number of rotatable bonds is 6. The first-order valence-corrected chi connectivity index (χ1v) is 8.88. The minimum Gasteiger partial charge on any atom is -0.372 e. The first-order valence-electron chi connectivity index (χ1n) is 8.06. The number of hydrogen-bond donors (Lipinski definition) is 0. The van der Waals surface area contributed by atoms with Gasteiger partial charge in [-0.1, -0.05) is 32.1 Å². The molecule has 2 aromatic rings. The molecule has 0 aliphatic heterocycles. The highest BCUT2D eigenvalue weighted by Crippen LogP contribution is 2.26. The van der Waals surface area contributed by atoms with Crippen LogP contribution in [0.15, 0.2) is 40.7 Å². The van der Waals surface area contributed by atoms with Crippen molar-refractivity contribution in [2.45, 2.75) is 41.0 Å². The van der Waals surface area contributed by atoms with Crippen molar-refractivity contribution < 1.29 is 0 Å². The predicted molar refractivity (Wildman–Crippen MR) is 99.4 cm³/mol. The van der Waals surface area contributed by atoms with Crippen LogP contribution < -0.4 is 4.90 Å². The van der Waals surface area contributed by atoms with Crippen LogP contribution in [0.1, 0.15) is 39.0 Å². The molecule has 0 bridgehead atoms. The van der Waals surface area contributed by atoms with E-state index in [0.717, 1.165) is 23.7 Å². The van der Waals surface area contributed by atoms with E-state index in [1.165, 1.54) is 12.1 Å². The van der Waals surface area contributed by atoms with Crippen LogP contribution in [0.3, 0.4) is 0 Å². The zero-order valence-electron chi connectivity index (χ0n) is 14.7. The van der Waals surface area contributed by atoms with Crippen LogP contribution in [0.5, 0.6) is 0 Å². The second-order valence-electron chi connectivity index (χ2n) is 6.86. The molecular formula is C18H26N4S. The zero-order valence-corrected chi connectivity index (χ0v) is 15.5. The molecule has 0 fully saturated rings. The number of nitrogens with zero attached hydrogens (tertiary/aromatic N) is 4. The Morgan fingerprint density at radius 3 is 2.35 bits per heavy atom. The topological polar surface area (TPSA) is 40.9 Å². The lowest BCUT2D eigenvalue weighted by Crippen LogP contribution is -2.27. The Bertz CT molecular complexity index is 638. The third-order valence-electron chi connectivity index (χ3n) is 3.59. The number of azo groups is 1. The van der Waals surface area contributed by atoms with Crippen LogP contribution in [-0.4, -0.2) is 18.1 Å². The summed E-state index contributed by atoms with van der Waals surface area (Å²) in [5.74, 6) is 0. The molecule has 0 aliphatic carbocycles. The van der Waals surface area contributed by atoms with Gasteiger partial charge in [-0.3, -0.25) is 0 Å². The molecule has 1 heterocycles. The maximum atomic E-state index is 4.26. The van der Waals surface area contributed by atoms with E-state index in [4.69, 9.17) is 0 Å². The molecule has 2 rings (SSSR count). The number of aryl methyl sites for hydroxylation is 1. The monoisotopic (exact) mass is 330 g/mol. The zero-order chi connectivity index (χ0) is 16.9. The van der Waals surface area contributed by atoms with E-state index < -0.39 is 0 Å². The van der Waals surface area contributed by atoms with Gasteiger partial charge < -0.3 is 4.90 Å². The van der Waals surface area contributed by atoms with Gasteiger partial charge in [-0.05, 0) is 49.9 Å². The van der Waals surface area contributed by atoms with Crippen LogP contribution in [0.4, 0.5) is 16.5 Å². The fourth-order valence-corrected chi connectivity index (χ4v) is 2.74. The van der Waals surface area contributed by atoms with E-state index in [0.29, 0.717) is 10.5 Å². The van der Waals surface area contributed by atoms with Crippen LogP contribution in [0, 0.1) is 12.3 Å². The predicted octanol–water partition coefficient (Wildman–Crippen LogP) is 6.13. The molecule has 0 radical (unpaired) electrons. The number of thiazole rings is 1. The van der Waals surface area contributed by atoms with Crippen molar-refractivity contribution in [2.75, 3.05) is 18.0 Å². The number of aromatic nitrogens is 1. The second-order valence-corrected chi connectivity index (χ2v) is 8.07. The SMILES string of the molecule is CCN(CCC(C)(C)C)c1ccc(N=Nc2ncc(C)s2)cc1. The van der Waals surface area contributed by atoms with Gasteiger partial charge in [0.2, 0.25) is 5.13 Å². The Kier molecular flexibility index (Phi) is 5.88. The Hall–Kier alpha value is -1.75. The van der Waals surface area contributed by atoms with Crippen molar-refractivity contribution in [3.8, 4) is 0 Å². The molecule has 0 aliphatic rings. The van der Waals surface area contributed by atoms with Gasteiger partial charge in [0.15, 0.2) is 0 Å². The smallest absolute Gasteiger partial charge is 0.230 e. The average molecular weight is 331 g/mol. The molecule has 124 valence electrons. The van der Waals surface area contributed by atoms with Gasteiger partial charge in [0.05, 0.1) is 5.69 Å². The van der Waals surface area contributed by atoms with Crippen molar-refractivity contribution >= 4 is 27.8 Å². The highest BCUT2D eigenvalue weighted by atomic mass is 32.1. The lowest BCUT2D eigenvalue weighted by Gasteiger charge is -2.27. The summed E-state index contributed by atoms with van der Waals surface area (Å²) in [7, 11) is 0. The molecule has 0 saturated carbocycles. The molecule has 5 heteroatoms. The Labute approximate surface area is 143 Å². The quantitative estimate of drug-likeness (QED) is 0.598. The number of anilines is 1. The van der Waals surface area contributed by atoms with Gasteiger partial charge in [-0.25, -0.2) is 4.98 Å². The largest absolute Gasteiger partial charge is 0.372 e. The lowest BCUT2D eigenvalue weighted by atomic mass is 9.92. The summed E-state index contributed by atoms with van der Waals surface area (Å²) in [5, 5.41) is 9.14. The summed E-state index contributed by atoms with van der Waals surface area (Å²) < 4.78 is 0. The first kappa shape index (κ1) is 17.6. The van der Waals surface area contributed by atoms with Crippen molar-refractivity contribution in [3.05, 3.63) is 35.3 Å². The van der Waals surface area contributed by atoms with E-state index in [-0.39, 0.29) is 0 Å². The summed E-state index contributed by atoms with van der Waals surface area (Å²) in [6.07, 6.45) is 2.99. The number of benzene rings is 1. The van der Waals surface area contributed by atoms with E-state index in [1.54, 1.807) is 11.3 Å². The van der Waals surface area contributed by atoms with Crippen LogP contribution >= 0.6 is 11.3 Å². The minimum atomic E-state index is 0.355. The van der Waals surface area contributed by atoms with Crippen molar-refractivity contribution in [1.29, 1.82) is 0 Å². The fraction of sp³-hybridized carbons (Fsp3) is 0.500. The summed E-state index contributed by atoms with van der Waals surface area (Å²) in [6, 6.07) is 8.26. The van der Waals surface area contributed by atoms with Crippen LogP contribution in [0.25, 0.3) is 0 Å². The maximum absolute atomic E-state index is 4.26. The van der Waals surface area contributed by atoms with Crippen LogP contribution in [-0.2, 0) is 0 Å². The summed E-state index contributed by atoms with van der Waals surface area (Å²) >= 11 is 1.55. The normalized spacial score (nSPS) is 12.0. The highest BCUT2D eigenvalue weighted by molar-refractivity contribution is 7.15. The molecule has 0 unspecified atom stereocenters. The van der Waals surface area contributed by atoms with E-state index in [1.807, 2.05) is 25.3 Å². The molecule has 0 amide bonds. The molecule has 1 aromatic heterocycles. The van der Waals surface area contributed by atoms with E-state index in [2.05, 4.69) is 59.9 Å². The highest BCUT2D eigenvalue weighted by Gasteiger charge is 2.13. The molecule has 4 nitrogen and oxygen atoms in total. The molecule has 0 atom stereocenters. The van der Waals surface area contributed by atoms with E-state index >= 15 is 0 Å². The fourth-order valence-electron chi connectivity index (χ4n) is 2.16. The minimum absolute atomic E-state index is 0.355. The molecular weight excluding hydrogens is 304 g/mol. The molecule has 0 spiro atoms. The average Bonchev–Trinajstić information content (AvgIpc) is 2.91. The number of hydrogen-bond acceptors (Lipinski definition) is 5. The maximum Gasteiger partial charge on any atom is 0.230 e. The Morgan fingerprint density at radius 2 is 1.83 bits per heavy atom. The lowest BCUT2D eigenvalue weighted by molar-refractivity contribution is 0.379. The van der Waals surface area contributed by atoms with Crippen molar-refractivity contribution in [1.82, 2.24) is 4.98 Å². The van der Waals surface area contributed by atoms with Gasteiger partial charge in [0.1, 0.15) is 0 Å². The Morgan fingerprint density at radius 1 is 1.13 bits per heavy atom. The summed E-state index contributed by atoms with van der Waals surface area (Å²) in [6.45, 7) is 13.1. The molecule has 0 N–H and O–H groups in total. The summed E-state index contributed by atoms with van der Waals surface area (Å²) in [5.41, 5.74) is 2.45. The third kappa shape index (κ3) is 5.75. The first-order chi connectivity index (χ1) is 10.9. The van der Waals surface area contributed by atoms with E-state index in [9.17, 15) is 0 Å². The standard InChI is InChI=1S/C18H26N4S/c1-6-22(12-11-18(3,4)5)16-9-7-15(8-10-16)20-21-17-19-13-14(2)23-17/h7-10,13H,6,11-12H2,1-5H3. The molecule has 0 saturated heterocycles. The molecule has 23 heavy (non-hydrogen) atoms. The van der Waals surface area contributed by atoms with Gasteiger partial charge in [0.25, 0.3) is 0 Å². The van der Waals surface area contributed by atoms with Gasteiger partial charge in [0, 0.05) is 29.9 Å². The van der Waals surface area contributed by atoms with Gasteiger partial charge >= 0.3 is 0 Å². The van der Waals surface area contributed by atoms with Crippen molar-refractivity contribution in [2.24, 2.45) is 15.6 Å². The summed E-state index contributed by atoms with van der Waals surface area (Å²) in [4.78, 5) is 7.73. The third-order valence-corrected chi connectivity index (χ3v) is 4.39. The van der Waals surface area contributed by atoms with Crippen molar-refractivity contribution in [3.63, 3.8) is 0 Å². The molecule has 1 aromatic carbocycles. The Balaban J connectivity index is 2.01. The second kappa shape index (κ2) is 7.68. The van der Waals surface area contributed by atoms with Crippen LogP contribution in [0.2, 0.25) is 0 Å². The van der Waals surface area contributed by atoms with Gasteiger partial charge in [-0.2, -0.15) is 0 Å².